The molecule has 0 fully saturated rings. The van der Waals surface area contributed by atoms with Crippen molar-refractivity contribution < 1.29 is 4.79 Å². The number of fused-ring (bicyclic) bond motifs is 2. The van der Waals surface area contributed by atoms with Gasteiger partial charge in [-0.25, -0.2) is 0 Å². The molecule has 0 unspecified atom stereocenters. The van der Waals surface area contributed by atoms with Crippen molar-refractivity contribution in [3.05, 3.63) is 76.1 Å². The molecule has 1 aliphatic heterocycles. The molecule has 1 N–H and O–H groups in total. The minimum absolute atomic E-state index is 0.0814. The van der Waals surface area contributed by atoms with E-state index >= 15 is 0 Å². The van der Waals surface area contributed by atoms with E-state index in [4.69, 9.17) is 0 Å². The summed E-state index contributed by atoms with van der Waals surface area (Å²) in [6.45, 7) is 2.03. The third kappa shape index (κ3) is 2.14. The maximum Gasteiger partial charge on any atom is 0.259 e. The third-order valence-corrected chi connectivity index (χ3v) is 4.41. The SMILES string of the molecule is C[C@H]1Cc2ccccc2N1C(=O)c1cc(=O)[nH]c2ccccc12. The smallest absolute Gasteiger partial charge is 0.259 e. The van der Waals surface area contributed by atoms with E-state index in [2.05, 4.69) is 11.1 Å². The molecule has 1 aromatic heterocycles. The summed E-state index contributed by atoms with van der Waals surface area (Å²) in [7, 11) is 0. The summed E-state index contributed by atoms with van der Waals surface area (Å²) in [6, 6.07) is 16.8. The Morgan fingerprint density at radius 1 is 1.13 bits per heavy atom. The predicted octanol–water partition coefficient (Wildman–Crippen LogP) is 3.12. The lowest BCUT2D eigenvalue weighted by atomic mass is 10.1. The molecule has 23 heavy (non-hydrogen) atoms. The van der Waals surface area contributed by atoms with Gasteiger partial charge in [-0.05, 0) is 31.0 Å². The zero-order valence-corrected chi connectivity index (χ0v) is 12.7. The summed E-state index contributed by atoms with van der Waals surface area (Å²) in [5.41, 5.74) is 2.99. The number of nitrogens with zero attached hydrogens (tertiary/aromatic N) is 1. The van der Waals surface area contributed by atoms with Crippen molar-refractivity contribution >= 4 is 22.5 Å². The maximum atomic E-state index is 13.2. The van der Waals surface area contributed by atoms with E-state index in [-0.39, 0.29) is 17.5 Å². The van der Waals surface area contributed by atoms with Crippen LogP contribution in [0.3, 0.4) is 0 Å². The molecule has 1 amide bonds. The Balaban J connectivity index is 1.89. The maximum absolute atomic E-state index is 13.2. The third-order valence-electron chi connectivity index (χ3n) is 4.41. The van der Waals surface area contributed by atoms with E-state index in [0.29, 0.717) is 11.1 Å². The Labute approximate surface area is 133 Å². The van der Waals surface area contributed by atoms with Gasteiger partial charge in [0, 0.05) is 28.7 Å². The molecule has 4 rings (SSSR count). The van der Waals surface area contributed by atoms with Gasteiger partial charge in [0.2, 0.25) is 5.56 Å². The summed E-state index contributed by atoms with van der Waals surface area (Å²) in [6.07, 6.45) is 0.836. The van der Waals surface area contributed by atoms with Crippen molar-refractivity contribution in [1.82, 2.24) is 4.98 Å². The highest BCUT2D eigenvalue weighted by atomic mass is 16.2. The molecular weight excluding hydrogens is 288 g/mol. The number of H-pyrrole nitrogens is 1. The first kappa shape index (κ1) is 13.8. The number of pyridine rings is 1. The summed E-state index contributed by atoms with van der Waals surface area (Å²) in [5.74, 6) is -0.121. The zero-order valence-electron chi connectivity index (χ0n) is 12.7. The van der Waals surface area contributed by atoms with Crippen LogP contribution in [0, 0.1) is 0 Å². The van der Waals surface area contributed by atoms with E-state index in [1.807, 2.05) is 49.4 Å². The van der Waals surface area contributed by atoms with Crippen LogP contribution in [0.2, 0.25) is 0 Å². The van der Waals surface area contributed by atoms with Crippen molar-refractivity contribution in [1.29, 1.82) is 0 Å². The monoisotopic (exact) mass is 304 g/mol. The highest BCUT2D eigenvalue weighted by Gasteiger charge is 2.32. The molecule has 3 aromatic rings. The Morgan fingerprint density at radius 2 is 1.87 bits per heavy atom. The van der Waals surface area contributed by atoms with Crippen LogP contribution in [-0.4, -0.2) is 16.9 Å². The molecule has 2 heterocycles. The minimum atomic E-state index is -0.257. The number of amides is 1. The number of aromatic nitrogens is 1. The average Bonchev–Trinajstić information content (AvgIpc) is 2.89. The number of nitrogens with one attached hydrogen (secondary N) is 1. The normalized spacial score (nSPS) is 16.6. The fourth-order valence-corrected chi connectivity index (χ4v) is 3.39. The van der Waals surface area contributed by atoms with Crippen molar-refractivity contribution in [3.8, 4) is 0 Å². The molecule has 0 bridgehead atoms. The van der Waals surface area contributed by atoms with Crippen LogP contribution >= 0.6 is 0 Å². The van der Waals surface area contributed by atoms with Gasteiger partial charge < -0.3 is 9.88 Å². The van der Waals surface area contributed by atoms with Crippen LogP contribution in [0.25, 0.3) is 10.9 Å². The van der Waals surface area contributed by atoms with Gasteiger partial charge in [0.1, 0.15) is 0 Å². The summed E-state index contributed by atoms with van der Waals surface area (Å²) >= 11 is 0. The first-order valence-corrected chi connectivity index (χ1v) is 7.68. The molecule has 1 aliphatic rings. The number of aromatic amines is 1. The predicted molar refractivity (Wildman–Crippen MR) is 91.0 cm³/mol. The van der Waals surface area contributed by atoms with E-state index in [1.54, 1.807) is 4.90 Å². The zero-order chi connectivity index (χ0) is 16.0. The van der Waals surface area contributed by atoms with E-state index < -0.39 is 0 Å². The molecule has 0 aliphatic carbocycles. The van der Waals surface area contributed by atoms with Crippen LogP contribution < -0.4 is 10.5 Å². The van der Waals surface area contributed by atoms with Crippen LogP contribution in [0.1, 0.15) is 22.8 Å². The summed E-state index contributed by atoms with van der Waals surface area (Å²) in [5, 5.41) is 0.772. The lowest BCUT2D eigenvalue weighted by Gasteiger charge is -2.23. The molecule has 0 spiro atoms. The second-order valence-electron chi connectivity index (χ2n) is 5.95. The van der Waals surface area contributed by atoms with Gasteiger partial charge in [-0.2, -0.15) is 0 Å². The Kier molecular flexibility index (Phi) is 3.05. The summed E-state index contributed by atoms with van der Waals surface area (Å²) in [4.78, 5) is 29.7. The molecule has 0 saturated heterocycles. The van der Waals surface area contributed by atoms with Gasteiger partial charge in [-0.1, -0.05) is 36.4 Å². The largest absolute Gasteiger partial charge is 0.322 e. The van der Waals surface area contributed by atoms with Crippen LogP contribution in [0.5, 0.6) is 0 Å². The Hall–Kier alpha value is -2.88. The highest BCUT2D eigenvalue weighted by molar-refractivity contribution is 6.14. The number of hydrogen-bond acceptors (Lipinski definition) is 2. The molecular formula is C19H16N2O2. The number of para-hydroxylation sites is 2. The number of carbonyl (C=O) groups is 1. The van der Waals surface area contributed by atoms with Crippen molar-refractivity contribution in [2.45, 2.75) is 19.4 Å². The molecule has 2 aromatic carbocycles. The first-order valence-electron chi connectivity index (χ1n) is 7.68. The second-order valence-corrected chi connectivity index (χ2v) is 5.95. The molecule has 1 atom stereocenters. The van der Waals surface area contributed by atoms with Gasteiger partial charge in [0.15, 0.2) is 0 Å². The minimum Gasteiger partial charge on any atom is -0.322 e. The van der Waals surface area contributed by atoms with Crippen molar-refractivity contribution in [3.63, 3.8) is 0 Å². The molecule has 0 radical (unpaired) electrons. The number of benzene rings is 2. The lowest BCUT2D eigenvalue weighted by molar-refractivity contribution is 0.0983. The Morgan fingerprint density at radius 3 is 2.74 bits per heavy atom. The summed E-state index contributed by atoms with van der Waals surface area (Å²) < 4.78 is 0. The van der Waals surface area contributed by atoms with Crippen LogP contribution in [-0.2, 0) is 6.42 Å². The lowest BCUT2D eigenvalue weighted by Crippen LogP contribution is -2.36. The van der Waals surface area contributed by atoms with Crippen LogP contribution in [0.15, 0.2) is 59.4 Å². The Bertz CT molecular complexity index is 974. The van der Waals surface area contributed by atoms with Crippen molar-refractivity contribution in [2.75, 3.05) is 4.90 Å². The van der Waals surface area contributed by atoms with Gasteiger partial charge >= 0.3 is 0 Å². The van der Waals surface area contributed by atoms with E-state index in [0.717, 1.165) is 17.5 Å². The molecule has 4 heteroatoms. The van der Waals surface area contributed by atoms with Gasteiger partial charge in [0.25, 0.3) is 5.91 Å². The number of hydrogen-bond donors (Lipinski definition) is 1. The standard InChI is InChI=1S/C19H16N2O2/c1-12-10-13-6-2-5-9-17(13)21(12)19(23)15-11-18(22)20-16-8-4-3-7-14(15)16/h2-9,11-12H,10H2,1H3,(H,20,22)/t12-/m0/s1. The average molecular weight is 304 g/mol. The molecule has 4 nitrogen and oxygen atoms in total. The van der Waals surface area contributed by atoms with Gasteiger partial charge in [-0.15, -0.1) is 0 Å². The highest BCUT2D eigenvalue weighted by Crippen LogP contribution is 2.33. The van der Waals surface area contributed by atoms with E-state index in [1.165, 1.54) is 11.6 Å². The topological polar surface area (TPSA) is 53.2 Å². The number of carbonyl (C=O) groups excluding carboxylic acids is 1. The molecule has 0 saturated carbocycles. The van der Waals surface area contributed by atoms with Gasteiger partial charge in [0.05, 0.1) is 5.56 Å². The quantitative estimate of drug-likeness (QED) is 0.751. The van der Waals surface area contributed by atoms with Gasteiger partial charge in [-0.3, -0.25) is 9.59 Å². The van der Waals surface area contributed by atoms with Crippen molar-refractivity contribution in [2.24, 2.45) is 0 Å². The first-order chi connectivity index (χ1) is 11.1. The fourth-order valence-electron chi connectivity index (χ4n) is 3.39. The number of anilines is 1. The van der Waals surface area contributed by atoms with Crippen LogP contribution in [0.4, 0.5) is 5.69 Å². The second kappa shape index (κ2) is 5.09. The fraction of sp³-hybridized carbons (Fsp3) is 0.158. The molecule has 114 valence electrons. The van der Waals surface area contributed by atoms with E-state index in [9.17, 15) is 9.59 Å². The number of rotatable bonds is 1.